The monoisotopic (exact) mass is 325 g/mol. The van der Waals surface area contributed by atoms with Crippen molar-refractivity contribution < 1.29 is 9.59 Å². The van der Waals surface area contributed by atoms with Crippen LogP contribution in [0.4, 0.5) is 5.69 Å². The van der Waals surface area contributed by atoms with Crippen molar-refractivity contribution in [1.29, 1.82) is 0 Å². The zero-order valence-electron chi connectivity index (χ0n) is 13.1. The Morgan fingerprint density at radius 3 is 2.54 bits per heavy atom. The summed E-state index contributed by atoms with van der Waals surface area (Å²) < 4.78 is 0. The molecule has 1 unspecified atom stereocenters. The van der Waals surface area contributed by atoms with E-state index in [-0.39, 0.29) is 17.9 Å². The molecule has 1 saturated heterocycles. The van der Waals surface area contributed by atoms with Gasteiger partial charge in [0.05, 0.1) is 0 Å². The van der Waals surface area contributed by atoms with E-state index in [9.17, 15) is 9.59 Å². The smallest absolute Gasteiger partial charge is 0.255 e. The van der Waals surface area contributed by atoms with Gasteiger partial charge in [-0.15, -0.1) is 0 Å². The predicted octanol–water partition coefficient (Wildman–Crippen LogP) is 0.817. The van der Waals surface area contributed by atoms with Gasteiger partial charge in [0.1, 0.15) is 6.04 Å². The topological polar surface area (TPSA) is 95.2 Å². The lowest BCUT2D eigenvalue weighted by atomic mass is 10.1. The first-order valence-electron chi connectivity index (χ1n) is 7.79. The minimum atomic E-state index is -0.185. The number of anilines is 1. The molecule has 1 atom stereocenters. The molecule has 1 aromatic heterocycles. The molecule has 2 aromatic rings. The molecular formula is C17H19N5O2. The van der Waals surface area contributed by atoms with Crippen LogP contribution in [0.15, 0.2) is 48.8 Å². The first kappa shape index (κ1) is 16.1. The number of carbonyl (C=O) groups excluding carboxylic acids is 2. The zero-order valence-corrected chi connectivity index (χ0v) is 13.1. The van der Waals surface area contributed by atoms with Crippen molar-refractivity contribution in [2.75, 3.05) is 11.9 Å². The zero-order chi connectivity index (χ0) is 16.8. The largest absolute Gasteiger partial charge is 0.351 e. The number of hydrogen-bond acceptors (Lipinski definition) is 5. The van der Waals surface area contributed by atoms with Crippen molar-refractivity contribution in [3.8, 4) is 0 Å². The van der Waals surface area contributed by atoms with Gasteiger partial charge in [-0.25, -0.2) is 5.43 Å². The Kier molecular flexibility index (Phi) is 5.15. The lowest BCUT2D eigenvalue weighted by Gasteiger charge is -2.11. The molecule has 2 amide bonds. The predicted molar refractivity (Wildman–Crippen MR) is 90.0 cm³/mol. The first-order chi connectivity index (χ1) is 11.7. The molecule has 1 fully saturated rings. The molecule has 0 bridgehead atoms. The van der Waals surface area contributed by atoms with Gasteiger partial charge in [0.15, 0.2) is 0 Å². The van der Waals surface area contributed by atoms with Gasteiger partial charge in [-0.1, -0.05) is 12.1 Å². The van der Waals surface area contributed by atoms with Gasteiger partial charge in [-0.05, 0) is 36.2 Å². The second-order valence-electron chi connectivity index (χ2n) is 5.52. The van der Waals surface area contributed by atoms with Gasteiger partial charge >= 0.3 is 0 Å². The molecule has 2 heterocycles. The minimum Gasteiger partial charge on any atom is -0.351 e. The second kappa shape index (κ2) is 7.67. The minimum absolute atomic E-state index is 0.0282. The van der Waals surface area contributed by atoms with Gasteiger partial charge in [0.25, 0.3) is 5.91 Å². The van der Waals surface area contributed by atoms with Crippen molar-refractivity contribution >= 4 is 17.5 Å². The van der Waals surface area contributed by atoms with Crippen LogP contribution in [0.1, 0.15) is 22.3 Å². The quantitative estimate of drug-likeness (QED) is 0.653. The van der Waals surface area contributed by atoms with Gasteiger partial charge in [-0.2, -0.15) is 0 Å². The highest BCUT2D eigenvalue weighted by atomic mass is 16.2. The summed E-state index contributed by atoms with van der Waals surface area (Å²) in [7, 11) is 0. The number of amides is 2. The maximum absolute atomic E-state index is 12.1. The number of benzene rings is 1. The molecule has 7 nitrogen and oxygen atoms in total. The van der Waals surface area contributed by atoms with Gasteiger partial charge < -0.3 is 10.6 Å². The summed E-state index contributed by atoms with van der Waals surface area (Å²) in [6, 6.07) is 10.4. The molecule has 0 radical (unpaired) electrons. The van der Waals surface area contributed by atoms with E-state index in [0.717, 1.165) is 18.5 Å². The summed E-state index contributed by atoms with van der Waals surface area (Å²) in [4.78, 5) is 28.0. The molecule has 24 heavy (non-hydrogen) atoms. The number of hydrazine groups is 1. The fourth-order valence-corrected chi connectivity index (χ4v) is 2.41. The standard InChI is InChI=1S/C17H19N5O2/c23-16(21-14-5-8-18-9-6-14)13-3-1-12(2-4-13)11-19-17(24)15-7-10-20-22-15/h1-6,8-9,15,20,22H,7,10-11H2,(H,19,24)(H,18,21,23). The third-order valence-corrected chi connectivity index (χ3v) is 3.77. The Morgan fingerprint density at radius 2 is 1.88 bits per heavy atom. The Morgan fingerprint density at radius 1 is 1.12 bits per heavy atom. The maximum atomic E-state index is 12.1. The molecule has 4 N–H and O–H groups in total. The van der Waals surface area contributed by atoms with E-state index >= 15 is 0 Å². The molecule has 7 heteroatoms. The van der Waals surface area contributed by atoms with Crippen molar-refractivity contribution in [2.45, 2.75) is 19.0 Å². The summed E-state index contributed by atoms with van der Waals surface area (Å²) in [6.45, 7) is 1.22. The Labute approximate surface area is 139 Å². The average molecular weight is 325 g/mol. The highest BCUT2D eigenvalue weighted by Gasteiger charge is 2.21. The van der Waals surface area contributed by atoms with Crippen molar-refractivity contribution in [3.63, 3.8) is 0 Å². The molecule has 0 spiro atoms. The number of hydrogen-bond donors (Lipinski definition) is 4. The number of nitrogens with zero attached hydrogens (tertiary/aromatic N) is 1. The molecule has 124 valence electrons. The summed E-state index contributed by atoms with van der Waals surface area (Å²) in [5.41, 5.74) is 8.05. The van der Waals surface area contributed by atoms with E-state index in [1.807, 2.05) is 12.1 Å². The van der Waals surface area contributed by atoms with E-state index in [1.54, 1.807) is 36.7 Å². The van der Waals surface area contributed by atoms with E-state index in [2.05, 4.69) is 26.5 Å². The maximum Gasteiger partial charge on any atom is 0.255 e. The molecular weight excluding hydrogens is 306 g/mol. The number of carbonyl (C=O) groups is 2. The third-order valence-electron chi connectivity index (χ3n) is 3.77. The van der Waals surface area contributed by atoms with Crippen LogP contribution in [0.2, 0.25) is 0 Å². The summed E-state index contributed by atoms with van der Waals surface area (Å²) in [5, 5.41) is 5.68. The van der Waals surface area contributed by atoms with Crippen LogP contribution in [0.25, 0.3) is 0 Å². The van der Waals surface area contributed by atoms with Crippen molar-refractivity contribution in [3.05, 3.63) is 59.9 Å². The highest BCUT2D eigenvalue weighted by Crippen LogP contribution is 2.09. The fraction of sp³-hybridized carbons (Fsp3) is 0.235. The van der Waals surface area contributed by atoms with Crippen LogP contribution in [-0.4, -0.2) is 29.4 Å². The van der Waals surface area contributed by atoms with E-state index in [4.69, 9.17) is 0 Å². The number of rotatable bonds is 5. The van der Waals surface area contributed by atoms with Crippen molar-refractivity contribution in [2.24, 2.45) is 0 Å². The lowest BCUT2D eigenvalue weighted by Crippen LogP contribution is -2.42. The summed E-state index contributed by atoms with van der Waals surface area (Å²) in [5.74, 6) is -0.211. The summed E-state index contributed by atoms with van der Waals surface area (Å²) >= 11 is 0. The number of aromatic nitrogens is 1. The van der Waals surface area contributed by atoms with Gasteiger partial charge in [0, 0.05) is 36.7 Å². The Balaban J connectivity index is 1.53. The second-order valence-corrected chi connectivity index (χ2v) is 5.52. The van der Waals surface area contributed by atoms with Crippen LogP contribution in [0, 0.1) is 0 Å². The summed E-state index contributed by atoms with van der Waals surface area (Å²) in [6.07, 6.45) is 4.02. The Bertz CT molecular complexity index is 697. The fourth-order valence-electron chi connectivity index (χ4n) is 2.41. The third kappa shape index (κ3) is 4.15. The molecule has 1 aliphatic heterocycles. The van der Waals surface area contributed by atoms with Crippen LogP contribution in [-0.2, 0) is 11.3 Å². The van der Waals surface area contributed by atoms with Crippen LogP contribution in [0.3, 0.4) is 0 Å². The van der Waals surface area contributed by atoms with Crippen LogP contribution < -0.4 is 21.5 Å². The normalized spacial score (nSPS) is 16.6. The number of pyridine rings is 1. The SMILES string of the molecule is O=C(Nc1ccncc1)c1ccc(CNC(=O)C2CCNN2)cc1. The first-order valence-corrected chi connectivity index (χ1v) is 7.79. The van der Waals surface area contributed by atoms with E-state index in [0.29, 0.717) is 17.8 Å². The number of nitrogens with one attached hydrogen (secondary N) is 4. The molecule has 3 rings (SSSR count). The van der Waals surface area contributed by atoms with Crippen molar-refractivity contribution in [1.82, 2.24) is 21.2 Å². The van der Waals surface area contributed by atoms with Gasteiger partial charge in [-0.3, -0.25) is 20.0 Å². The highest BCUT2D eigenvalue weighted by molar-refractivity contribution is 6.04. The van der Waals surface area contributed by atoms with Crippen LogP contribution >= 0.6 is 0 Å². The van der Waals surface area contributed by atoms with Gasteiger partial charge in [0.2, 0.25) is 5.91 Å². The molecule has 1 aliphatic rings. The Hall–Kier alpha value is -2.77. The lowest BCUT2D eigenvalue weighted by molar-refractivity contribution is -0.123. The van der Waals surface area contributed by atoms with E-state index in [1.165, 1.54) is 0 Å². The van der Waals surface area contributed by atoms with E-state index < -0.39 is 0 Å². The molecule has 0 saturated carbocycles. The molecule has 0 aliphatic carbocycles. The molecule has 1 aromatic carbocycles. The van der Waals surface area contributed by atoms with Crippen LogP contribution in [0.5, 0.6) is 0 Å². The average Bonchev–Trinajstić information content (AvgIpc) is 3.16.